The minimum atomic E-state index is -0.695. The SMILES string of the molecule is CCOC(=O)N(CC1CCC(=O)N1)[C@H]1CCc2cc(-c3cccc(-c4cccc(NC(=O)c5cn(C)c(=O)n(C)c5=O)c4C)c3Cl)nc(OC)c21. The molecular weight excluding hydrogens is 676 g/mol. The summed E-state index contributed by atoms with van der Waals surface area (Å²) in [4.78, 5) is 69.7. The highest BCUT2D eigenvalue weighted by Gasteiger charge is 2.38. The number of aromatic nitrogens is 3. The Bertz CT molecular complexity index is 2180. The van der Waals surface area contributed by atoms with Crippen molar-refractivity contribution in [2.75, 3.05) is 25.6 Å². The molecule has 1 unspecified atom stereocenters. The largest absolute Gasteiger partial charge is 0.481 e. The van der Waals surface area contributed by atoms with Gasteiger partial charge in [-0.1, -0.05) is 41.9 Å². The maximum atomic E-state index is 13.2. The average Bonchev–Trinajstić information content (AvgIpc) is 3.74. The zero-order chi connectivity index (χ0) is 36.6. The number of rotatable bonds is 9. The van der Waals surface area contributed by atoms with Crippen LogP contribution in [0.15, 0.2) is 58.3 Å². The number of pyridine rings is 1. The first-order valence-corrected chi connectivity index (χ1v) is 17.1. The van der Waals surface area contributed by atoms with Crippen molar-refractivity contribution in [2.24, 2.45) is 14.1 Å². The van der Waals surface area contributed by atoms with Gasteiger partial charge < -0.3 is 24.7 Å². The van der Waals surface area contributed by atoms with E-state index in [-0.39, 0.29) is 30.2 Å². The minimum absolute atomic E-state index is 0.0290. The molecule has 0 saturated carbocycles. The smallest absolute Gasteiger partial charge is 0.410 e. The molecule has 2 aliphatic rings. The number of amides is 3. The monoisotopic (exact) mass is 714 g/mol. The minimum Gasteiger partial charge on any atom is -0.481 e. The van der Waals surface area contributed by atoms with Gasteiger partial charge in [-0.3, -0.25) is 23.9 Å². The summed E-state index contributed by atoms with van der Waals surface area (Å²) in [5.41, 5.74) is 4.28. The number of carbonyl (C=O) groups excluding carboxylic acids is 3. The lowest BCUT2D eigenvalue weighted by atomic mass is 9.96. The maximum Gasteiger partial charge on any atom is 0.410 e. The summed E-state index contributed by atoms with van der Waals surface area (Å²) >= 11 is 7.13. The van der Waals surface area contributed by atoms with Crippen molar-refractivity contribution in [3.63, 3.8) is 0 Å². The normalized spacial score (nSPS) is 16.4. The van der Waals surface area contributed by atoms with Crippen LogP contribution in [-0.4, -0.2) is 63.2 Å². The number of nitrogens with zero attached hydrogens (tertiary/aromatic N) is 4. The number of benzene rings is 2. The first-order chi connectivity index (χ1) is 24.4. The van der Waals surface area contributed by atoms with Crippen molar-refractivity contribution in [3.05, 3.63) is 96.8 Å². The molecule has 1 aliphatic carbocycles. The predicted octanol–water partition coefficient (Wildman–Crippen LogP) is 4.76. The van der Waals surface area contributed by atoms with Crippen LogP contribution in [-0.2, 0) is 30.0 Å². The van der Waals surface area contributed by atoms with Crippen molar-refractivity contribution in [1.29, 1.82) is 0 Å². The number of hydrogen-bond acceptors (Lipinski definition) is 8. The Labute approximate surface area is 299 Å². The molecule has 2 aromatic heterocycles. The number of ether oxygens (including phenoxy) is 2. The number of fused-ring (bicyclic) bond motifs is 1. The number of hydrogen-bond donors (Lipinski definition) is 2. The lowest BCUT2D eigenvalue weighted by molar-refractivity contribution is -0.119. The van der Waals surface area contributed by atoms with Crippen molar-refractivity contribution in [2.45, 2.75) is 51.6 Å². The fourth-order valence-electron chi connectivity index (χ4n) is 6.93. The lowest BCUT2D eigenvalue weighted by Gasteiger charge is -2.31. The first kappa shape index (κ1) is 35.4. The fourth-order valence-corrected chi connectivity index (χ4v) is 7.25. The van der Waals surface area contributed by atoms with Crippen LogP contribution in [0.3, 0.4) is 0 Å². The van der Waals surface area contributed by atoms with E-state index >= 15 is 0 Å². The number of methoxy groups -OCH3 is 1. The standard InChI is InChI=1S/C37H39ClN6O7/c1-6-51-37(49)44(18-22-14-16-30(45)39-22)29-15-13-21-17-28(41-34(50-5)31(21)29)25-11-7-10-24(32(25)38)23-9-8-12-27(20(23)2)40-33(46)26-19-42(3)36(48)43(4)35(26)47/h7-12,17,19,22,29H,6,13-16,18H2,1-5H3,(H,39,45)(H,40,46)/t22?,29-/m0/s1. The van der Waals surface area contributed by atoms with Crippen LogP contribution in [0, 0.1) is 6.92 Å². The first-order valence-electron chi connectivity index (χ1n) is 16.7. The molecule has 51 heavy (non-hydrogen) atoms. The van der Waals surface area contributed by atoms with Crippen LogP contribution in [0.25, 0.3) is 22.4 Å². The van der Waals surface area contributed by atoms with Gasteiger partial charge in [0.05, 0.1) is 30.5 Å². The third-order valence-electron chi connectivity index (χ3n) is 9.54. The fraction of sp³-hybridized carbons (Fsp3) is 0.351. The van der Waals surface area contributed by atoms with Crippen LogP contribution in [0.4, 0.5) is 10.5 Å². The second kappa shape index (κ2) is 14.4. The zero-order valence-electron chi connectivity index (χ0n) is 29.0. The molecule has 1 fully saturated rings. The number of aryl methyl sites for hydroxylation is 2. The molecule has 1 saturated heterocycles. The molecule has 1 aliphatic heterocycles. The Morgan fingerprint density at radius 1 is 1.06 bits per heavy atom. The van der Waals surface area contributed by atoms with Crippen molar-refractivity contribution >= 4 is 35.2 Å². The summed E-state index contributed by atoms with van der Waals surface area (Å²) in [6, 6.07) is 12.5. The van der Waals surface area contributed by atoms with Gasteiger partial charge in [-0.05, 0) is 61.9 Å². The number of halogens is 1. The van der Waals surface area contributed by atoms with Crippen LogP contribution in [0.5, 0.6) is 5.88 Å². The van der Waals surface area contributed by atoms with Crippen LogP contribution < -0.4 is 26.6 Å². The van der Waals surface area contributed by atoms with Gasteiger partial charge in [0.2, 0.25) is 11.8 Å². The molecule has 266 valence electrons. The van der Waals surface area contributed by atoms with Crippen molar-refractivity contribution in [1.82, 2.24) is 24.3 Å². The molecule has 2 N–H and O–H groups in total. The molecular formula is C37H39ClN6O7. The highest BCUT2D eigenvalue weighted by atomic mass is 35.5. The number of carbonyl (C=O) groups is 3. The highest BCUT2D eigenvalue weighted by Crippen LogP contribution is 2.45. The van der Waals surface area contributed by atoms with Gasteiger partial charge in [0.25, 0.3) is 11.5 Å². The van der Waals surface area contributed by atoms with E-state index in [4.69, 9.17) is 26.1 Å². The molecule has 6 rings (SSSR count). The van der Waals surface area contributed by atoms with Crippen LogP contribution in [0.1, 0.15) is 59.3 Å². The molecule has 4 aromatic rings. The van der Waals surface area contributed by atoms with Gasteiger partial charge >= 0.3 is 11.8 Å². The summed E-state index contributed by atoms with van der Waals surface area (Å²) in [7, 11) is 4.34. The van der Waals surface area contributed by atoms with E-state index in [1.807, 2.05) is 37.3 Å². The van der Waals surface area contributed by atoms with Gasteiger partial charge in [0.1, 0.15) is 5.56 Å². The van der Waals surface area contributed by atoms with E-state index in [9.17, 15) is 24.0 Å². The van der Waals surface area contributed by atoms with Gasteiger partial charge in [0, 0.05) is 61.7 Å². The molecule has 3 heterocycles. The lowest BCUT2D eigenvalue weighted by Crippen LogP contribution is -2.43. The van der Waals surface area contributed by atoms with E-state index in [0.29, 0.717) is 71.2 Å². The Hall–Kier alpha value is -5.43. The third-order valence-corrected chi connectivity index (χ3v) is 9.95. The van der Waals surface area contributed by atoms with E-state index in [0.717, 1.165) is 21.3 Å². The molecule has 0 spiro atoms. The predicted molar refractivity (Wildman–Crippen MR) is 192 cm³/mol. The Morgan fingerprint density at radius 3 is 2.49 bits per heavy atom. The van der Waals surface area contributed by atoms with E-state index in [1.165, 1.54) is 24.9 Å². The van der Waals surface area contributed by atoms with Gasteiger partial charge in [-0.15, -0.1) is 0 Å². The van der Waals surface area contributed by atoms with Crippen molar-refractivity contribution in [3.8, 4) is 28.3 Å². The van der Waals surface area contributed by atoms with Crippen molar-refractivity contribution < 1.29 is 23.9 Å². The molecule has 3 amide bonds. The zero-order valence-corrected chi connectivity index (χ0v) is 29.8. The number of anilines is 1. The Kier molecular flexibility index (Phi) is 10.0. The third kappa shape index (κ3) is 6.73. The topological polar surface area (TPSA) is 154 Å². The molecule has 2 atom stereocenters. The molecule has 0 bridgehead atoms. The summed E-state index contributed by atoms with van der Waals surface area (Å²) in [6.07, 6.45) is 3.13. The Morgan fingerprint density at radius 2 is 1.78 bits per heavy atom. The molecule has 14 heteroatoms. The van der Waals surface area contributed by atoms with E-state index in [2.05, 4.69) is 10.6 Å². The van der Waals surface area contributed by atoms with E-state index in [1.54, 1.807) is 31.1 Å². The van der Waals surface area contributed by atoms with E-state index < -0.39 is 23.2 Å². The van der Waals surface area contributed by atoms with Gasteiger partial charge in [-0.25, -0.2) is 14.6 Å². The van der Waals surface area contributed by atoms with Crippen LogP contribution >= 0.6 is 11.6 Å². The summed E-state index contributed by atoms with van der Waals surface area (Å²) in [5.74, 6) is -0.297. The molecule has 2 aromatic carbocycles. The van der Waals surface area contributed by atoms with Crippen LogP contribution in [0.2, 0.25) is 5.02 Å². The van der Waals surface area contributed by atoms with Gasteiger partial charge in [-0.2, -0.15) is 0 Å². The molecule has 0 radical (unpaired) electrons. The summed E-state index contributed by atoms with van der Waals surface area (Å²) < 4.78 is 13.3. The second-order valence-corrected chi connectivity index (χ2v) is 13.1. The highest BCUT2D eigenvalue weighted by molar-refractivity contribution is 6.36. The second-order valence-electron chi connectivity index (χ2n) is 12.7. The summed E-state index contributed by atoms with van der Waals surface area (Å²) in [6.45, 7) is 4.14. The average molecular weight is 715 g/mol. The Balaban J connectivity index is 1.33. The molecule has 13 nitrogen and oxygen atoms in total. The quantitative estimate of drug-likeness (QED) is 0.252. The van der Waals surface area contributed by atoms with Gasteiger partial charge in [0.15, 0.2) is 0 Å². The number of nitrogens with one attached hydrogen (secondary N) is 2. The maximum absolute atomic E-state index is 13.2. The summed E-state index contributed by atoms with van der Waals surface area (Å²) in [5, 5.41) is 6.20.